The van der Waals surface area contributed by atoms with E-state index in [1.165, 1.54) is 19.3 Å². The molecule has 1 atom stereocenters. The maximum absolute atomic E-state index is 10.5. The monoisotopic (exact) mass is 241 g/mol. The third-order valence-electron chi connectivity index (χ3n) is 4.07. The molecule has 2 nitrogen and oxygen atoms in total. The lowest BCUT2D eigenvalue weighted by molar-refractivity contribution is 0.0849. The lowest BCUT2D eigenvalue weighted by Crippen LogP contribution is -2.15. The highest BCUT2D eigenvalue weighted by molar-refractivity contribution is 5.78. The van der Waals surface area contributed by atoms with Crippen molar-refractivity contribution in [3.05, 3.63) is 42.1 Å². The molecule has 94 valence electrons. The van der Waals surface area contributed by atoms with Gasteiger partial charge >= 0.3 is 0 Å². The third kappa shape index (κ3) is 2.25. The Morgan fingerprint density at radius 3 is 2.78 bits per heavy atom. The van der Waals surface area contributed by atoms with E-state index in [1.807, 2.05) is 18.2 Å². The zero-order chi connectivity index (χ0) is 12.4. The van der Waals surface area contributed by atoms with Crippen LogP contribution in [0.5, 0.6) is 0 Å². The van der Waals surface area contributed by atoms with Gasteiger partial charge in [0.1, 0.15) is 0 Å². The summed E-state index contributed by atoms with van der Waals surface area (Å²) in [5.41, 5.74) is 2.00. The van der Waals surface area contributed by atoms with E-state index in [-0.39, 0.29) is 6.10 Å². The fourth-order valence-corrected chi connectivity index (χ4v) is 2.99. The predicted octanol–water partition coefficient (Wildman–Crippen LogP) is 3.85. The molecule has 18 heavy (non-hydrogen) atoms. The van der Waals surface area contributed by atoms with E-state index in [0.29, 0.717) is 5.92 Å². The van der Waals surface area contributed by atoms with Crippen LogP contribution in [-0.2, 0) is 0 Å². The van der Waals surface area contributed by atoms with Gasteiger partial charge in [0.15, 0.2) is 0 Å². The molecule has 0 bridgehead atoms. The van der Waals surface area contributed by atoms with Crippen LogP contribution in [0.15, 0.2) is 36.5 Å². The summed E-state index contributed by atoms with van der Waals surface area (Å²) in [5, 5.41) is 11.6. The Morgan fingerprint density at radius 1 is 1.11 bits per heavy atom. The van der Waals surface area contributed by atoms with Crippen molar-refractivity contribution in [3.8, 4) is 0 Å². The molecule has 0 aliphatic heterocycles. The largest absolute Gasteiger partial charge is 0.388 e. The fraction of sp³-hybridized carbons (Fsp3) is 0.438. The van der Waals surface area contributed by atoms with Gasteiger partial charge < -0.3 is 5.11 Å². The Morgan fingerprint density at radius 2 is 1.94 bits per heavy atom. The minimum atomic E-state index is -0.322. The van der Waals surface area contributed by atoms with E-state index in [0.717, 1.165) is 29.3 Å². The maximum atomic E-state index is 10.5. The van der Waals surface area contributed by atoms with Crippen molar-refractivity contribution in [3.63, 3.8) is 0 Å². The van der Waals surface area contributed by atoms with Crippen molar-refractivity contribution in [2.45, 2.75) is 38.2 Å². The van der Waals surface area contributed by atoms with Crippen molar-refractivity contribution in [2.75, 3.05) is 0 Å². The van der Waals surface area contributed by atoms with E-state index < -0.39 is 0 Å². The molecular weight excluding hydrogens is 222 g/mol. The van der Waals surface area contributed by atoms with Gasteiger partial charge in [0.25, 0.3) is 0 Å². The molecule has 1 fully saturated rings. The van der Waals surface area contributed by atoms with E-state index in [2.05, 4.69) is 17.1 Å². The van der Waals surface area contributed by atoms with Crippen molar-refractivity contribution in [2.24, 2.45) is 5.92 Å². The van der Waals surface area contributed by atoms with Crippen LogP contribution in [0.25, 0.3) is 10.9 Å². The Hall–Kier alpha value is -1.41. The lowest BCUT2D eigenvalue weighted by Gasteiger charge is -2.26. The third-order valence-corrected chi connectivity index (χ3v) is 4.07. The van der Waals surface area contributed by atoms with Gasteiger partial charge in [0, 0.05) is 11.6 Å². The highest BCUT2D eigenvalue weighted by Crippen LogP contribution is 2.34. The summed E-state index contributed by atoms with van der Waals surface area (Å²) in [5.74, 6) is 0.430. The Balaban J connectivity index is 1.88. The number of aliphatic hydroxyl groups excluding tert-OH is 1. The molecule has 1 N–H and O–H groups in total. The summed E-state index contributed by atoms with van der Waals surface area (Å²) in [4.78, 5) is 4.36. The maximum Gasteiger partial charge on any atom is 0.0818 e. The second-order valence-electron chi connectivity index (χ2n) is 5.30. The molecule has 0 spiro atoms. The average molecular weight is 241 g/mol. The number of aliphatic hydroxyl groups is 1. The average Bonchev–Trinajstić information content (AvgIpc) is 2.47. The second-order valence-corrected chi connectivity index (χ2v) is 5.30. The molecule has 1 aromatic carbocycles. The molecule has 0 amide bonds. The number of fused-ring (bicyclic) bond motifs is 1. The molecule has 1 aliphatic carbocycles. The van der Waals surface area contributed by atoms with Gasteiger partial charge in [0.2, 0.25) is 0 Å². The lowest BCUT2D eigenvalue weighted by atomic mass is 9.82. The van der Waals surface area contributed by atoms with Crippen LogP contribution in [0.3, 0.4) is 0 Å². The first-order valence-electron chi connectivity index (χ1n) is 6.87. The van der Waals surface area contributed by atoms with Gasteiger partial charge in [-0.1, -0.05) is 37.5 Å². The van der Waals surface area contributed by atoms with Crippen LogP contribution in [0.1, 0.15) is 43.8 Å². The van der Waals surface area contributed by atoms with Crippen molar-refractivity contribution in [1.29, 1.82) is 0 Å². The quantitative estimate of drug-likeness (QED) is 0.866. The summed E-state index contributed by atoms with van der Waals surface area (Å²) in [6, 6.07) is 10.1. The molecule has 1 unspecified atom stereocenters. The van der Waals surface area contributed by atoms with E-state index in [1.54, 1.807) is 6.20 Å². The van der Waals surface area contributed by atoms with Crippen molar-refractivity contribution in [1.82, 2.24) is 4.98 Å². The Labute approximate surface area is 108 Å². The van der Waals surface area contributed by atoms with E-state index >= 15 is 0 Å². The molecule has 1 aliphatic rings. The first kappa shape index (κ1) is 11.7. The highest BCUT2D eigenvalue weighted by atomic mass is 16.3. The molecule has 0 radical (unpaired) electrons. The standard InChI is InChI=1S/C16H19NO/c18-16(13-5-2-1-3-6-13)14-9-8-12-7-4-10-17-15(12)11-14/h4,7-11,13,16,18H,1-3,5-6H2. The molecule has 1 heterocycles. The summed E-state index contributed by atoms with van der Waals surface area (Å²) >= 11 is 0. The van der Waals surface area contributed by atoms with Crippen LogP contribution in [-0.4, -0.2) is 10.1 Å². The zero-order valence-corrected chi connectivity index (χ0v) is 10.5. The van der Waals surface area contributed by atoms with Gasteiger partial charge in [-0.2, -0.15) is 0 Å². The normalized spacial score (nSPS) is 18.9. The summed E-state index contributed by atoms with van der Waals surface area (Å²) < 4.78 is 0. The minimum Gasteiger partial charge on any atom is -0.388 e. The number of hydrogen-bond acceptors (Lipinski definition) is 2. The van der Waals surface area contributed by atoms with Gasteiger partial charge in [-0.25, -0.2) is 0 Å². The Bertz CT molecular complexity index is 531. The Kier molecular flexibility index (Phi) is 3.28. The smallest absolute Gasteiger partial charge is 0.0818 e. The van der Waals surface area contributed by atoms with E-state index in [4.69, 9.17) is 0 Å². The number of hydrogen-bond donors (Lipinski definition) is 1. The van der Waals surface area contributed by atoms with Gasteiger partial charge in [-0.05, 0) is 36.5 Å². The van der Waals surface area contributed by atoms with E-state index in [9.17, 15) is 5.11 Å². The zero-order valence-electron chi connectivity index (χ0n) is 10.5. The van der Waals surface area contributed by atoms with Crippen LogP contribution in [0.2, 0.25) is 0 Å². The molecule has 2 heteroatoms. The topological polar surface area (TPSA) is 33.1 Å². The molecule has 2 aromatic rings. The summed E-state index contributed by atoms with van der Waals surface area (Å²) in [6.45, 7) is 0. The SMILES string of the molecule is OC(c1ccc2cccnc2c1)C1CCCCC1. The van der Waals surface area contributed by atoms with Crippen LogP contribution in [0.4, 0.5) is 0 Å². The number of rotatable bonds is 2. The first-order chi connectivity index (χ1) is 8.84. The molecule has 1 saturated carbocycles. The highest BCUT2D eigenvalue weighted by Gasteiger charge is 2.23. The number of benzene rings is 1. The minimum absolute atomic E-state index is 0.322. The van der Waals surface area contributed by atoms with Crippen molar-refractivity contribution < 1.29 is 5.11 Å². The van der Waals surface area contributed by atoms with Gasteiger partial charge in [-0.15, -0.1) is 0 Å². The first-order valence-corrected chi connectivity index (χ1v) is 6.87. The van der Waals surface area contributed by atoms with Crippen molar-refractivity contribution >= 4 is 10.9 Å². The summed E-state index contributed by atoms with van der Waals surface area (Å²) in [6.07, 6.45) is 7.63. The fourth-order valence-electron chi connectivity index (χ4n) is 2.99. The van der Waals surface area contributed by atoms with Crippen LogP contribution in [0, 0.1) is 5.92 Å². The predicted molar refractivity (Wildman–Crippen MR) is 73.3 cm³/mol. The number of nitrogens with zero attached hydrogens (tertiary/aromatic N) is 1. The molecular formula is C16H19NO. The molecule has 3 rings (SSSR count). The van der Waals surface area contributed by atoms with Crippen LogP contribution < -0.4 is 0 Å². The van der Waals surface area contributed by atoms with Gasteiger partial charge in [0.05, 0.1) is 11.6 Å². The van der Waals surface area contributed by atoms with Gasteiger partial charge in [-0.3, -0.25) is 4.98 Å². The molecule has 1 aromatic heterocycles. The molecule has 0 saturated heterocycles. The second kappa shape index (κ2) is 5.07. The number of pyridine rings is 1. The summed E-state index contributed by atoms with van der Waals surface area (Å²) in [7, 11) is 0. The number of aromatic nitrogens is 1. The van der Waals surface area contributed by atoms with Crippen LogP contribution >= 0.6 is 0 Å².